The first kappa shape index (κ1) is 17.8. The van der Waals surface area contributed by atoms with E-state index in [4.69, 9.17) is 9.47 Å². The van der Waals surface area contributed by atoms with Crippen molar-refractivity contribution in [2.24, 2.45) is 0 Å². The lowest BCUT2D eigenvalue weighted by Crippen LogP contribution is -2.17. The summed E-state index contributed by atoms with van der Waals surface area (Å²) in [6, 6.07) is 12.7. The summed E-state index contributed by atoms with van der Waals surface area (Å²) in [5, 5.41) is 6.05. The summed E-state index contributed by atoms with van der Waals surface area (Å²) >= 11 is 0. The average molecular weight is 315 g/mol. The number of fused-ring (bicyclic) bond motifs is 1. The minimum atomic E-state index is 0.691. The van der Waals surface area contributed by atoms with Gasteiger partial charge in [-0.3, -0.25) is 0 Å². The maximum absolute atomic E-state index is 5.80. The highest BCUT2D eigenvalue weighted by molar-refractivity contribution is 5.87. The summed E-state index contributed by atoms with van der Waals surface area (Å²) < 4.78 is 11.4. The van der Waals surface area contributed by atoms with Crippen LogP contribution in [-0.4, -0.2) is 26.4 Å². The largest absolute Gasteiger partial charge is 0.494 e. The van der Waals surface area contributed by atoms with E-state index >= 15 is 0 Å². The fourth-order valence-electron chi connectivity index (χ4n) is 2.65. The highest BCUT2D eigenvalue weighted by atomic mass is 16.5. The quantitative estimate of drug-likeness (QED) is 0.618. The molecule has 0 fully saturated rings. The normalized spacial score (nSPS) is 11.0. The Morgan fingerprint density at radius 2 is 1.78 bits per heavy atom. The molecule has 3 heteroatoms. The van der Waals surface area contributed by atoms with E-state index in [0.717, 1.165) is 44.9 Å². The Morgan fingerprint density at radius 3 is 2.61 bits per heavy atom. The van der Waals surface area contributed by atoms with Gasteiger partial charge in [0.2, 0.25) is 0 Å². The summed E-state index contributed by atoms with van der Waals surface area (Å²) in [4.78, 5) is 0. The second-order valence-electron chi connectivity index (χ2n) is 5.69. The molecule has 0 amide bonds. The fraction of sp³-hybridized carbons (Fsp3) is 0.500. The summed E-state index contributed by atoms with van der Waals surface area (Å²) in [6.07, 6.45) is 3.39. The first-order valence-electron chi connectivity index (χ1n) is 8.78. The topological polar surface area (TPSA) is 30.5 Å². The van der Waals surface area contributed by atoms with Crippen molar-refractivity contribution in [2.75, 3.05) is 26.4 Å². The molecule has 2 aromatic rings. The van der Waals surface area contributed by atoms with Crippen molar-refractivity contribution >= 4 is 10.8 Å². The van der Waals surface area contributed by atoms with Crippen LogP contribution in [0.1, 0.15) is 38.7 Å². The lowest BCUT2D eigenvalue weighted by molar-refractivity contribution is 0.128. The lowest BCUT2D eigenvalue weighted by Gasteiger charge is -2.14. The molecule has 1 N–H and O–H groups in total. The zero-order chi connectivity index (χ0) is 16.3. The second-order valence-corrected chi connectivity index (χ2v) is 5.69. The molecule has 3 nitrogen and oxygen atoms in total. The summed E-state index contributed by atoms with van der Waals surface area (Å²) in [5.41, 5.74) is 1.25. The molecule has 0 saturated carbocycles. The van der Waals surface area contributed by atoms with Gasteiger partial charge in [0, 0.05) is 25.3 Å². The van der Waals surface area contributed by atoms with Gasteiger partial charge in [-0.05, 0) is 43.1 Å². The van der Waals surface area contributed by atoms with Gasteiger partial charge >= 0.3 is 0 Å². The maximum Gasteiger partial charge on any atom is 0.124 e. The van der Waals surface area contributed by atoms with Crippen molar-refractivity contribution < 1.29 is 9.47 Å². The molecule has 23 heavy (non-hydrogen) atoms. The third kappa shape index (κ3) is 5.52. The van der Waals surface area contributed by atoms with E-state index in [1.54, 1.807) is 0 Å². The Bertz CT molecular complexity index is 583. The van der Waals surface area contributed by atoms with E-state index in [1.165, 1.54) is 22.8 Å². The van der Waals surface area contributed by atoms with Crippen LogP contribution in [0.3, 0.4) is 0 Å². The van der Waals surface area contributed by atoms with Gasteiger partial charge in [-0.2, -0.15) is 0 Å². The van der Waals surface area contributed by atoms with E-state index in [0.29, 0.717) is 6.61 Å². The SMILES string of the molecule is CCCCOCCCNCc1c(OCC)ccc2ccccc12. The molecule has 0 atom stereocenters. The molecule has 0 aromatic heterocycles. The van der Waals surface area contributed by atoms with Crippen molar-refractivity contribution in [1.82, 2.24) is 5.32 Å². The third-order valence-electron chi connectivity index (χ3n) is 3.88. The third-order valence-corrected chi connectivity index (χ3v) is 3.88. The molecule has 0 aliphatic heterocycles. The van der Waals surface area contributed by atoms with Gasteiger partial charge in [0.1, 0.15) is 5.75 Å². The molecule has 0 spiro atoms. The monoisotopic (exact) mass is 315 g/mol. The fourth-order valence-corrected chi connectivity index (χ4v) is 2.65. The lowest BCUT2D eigenvalue weighted by atomic mass is 10.0. The van der Waals surface area contributed by atoms with Crippen molar-refractivity contribution in [3.8, 4) is 5.75 Å². The molecule has 0 unspecified atom stereocenters. The first-order chi connectivity index (χ1) is 11.4. The highest BCUT2D eigenvalue weighted by Gasteiger charge is 2.08. The number of hydrogen-bond acceptors (Lipinski definition) is 3. The van der Waals surface area contributed by atoms with Gasteiger partial charge in [0.15, 0.2) is 0 Å². The molecule has 0 saturated heterocycles. The van der Waals surface area contributed by atoms with E-state index in [9.17, 15) is 0 Å². The van der Waals surface area contributed by atoms with Crippen LogP contribution in [-0.2, 0) is 11.3 Å². The van der Waals surface area contributed by atoms with Crippen LogP contribution in [0.4, 0.5) is 0 Å². The van der Waals surface area contributed by atoms with E-state index in [1.807, 2.05) is 6.92 Å². The van der Waals surface area contributed by atoms with Crippen LogP contribution >= 0.6 is 0 Å². The molecule has 2 aromatic carbocycles. The van der Waals surface area contributed by atoms with E-state index < -0.39 is 0 Å². The average Bonchev–Trinajstić information content (AvgIpc) is 2.58. The minimum absolute atomic E-state index is 0.691. The van der Waals surface area contributed by atoms with E-state index in [2.05, 4.69) is 48.6 Å². The number of ether oxygens (including phenoxy) is 2. The van der Waals surface area contributed by atoms with Crippen molar-refractivity contribution in [2.45, 2.75) is 39.7 Å². The summed E-state index contributed by atoms with van der Waals surface area (Å²) in [7, 11) is 0. The van der Waals surface area contributed by atoms with Crippen molar-refractivity contribution in [3.63, 3.8) is 0 Å². The standard InChI is InChI=1S/C20H29NO2/c1-3-5-14-22-15-8-13-21-16-19-18-10-7-6-9-17(18)11-12-20(19)23-4-2/h6-7,9-12,21H,3-5,8,13-16H2,1-2H3. The Kier molecular flexibility index (Phi) is 7.91. The predicted octanol–water partition coefficient (Wildman–Crippen LogP) is 4.53. The molecule has 0 bridgehead atoms. The predicted molar refractivity (Wildman–Crippen MR) is 97.2 cm³/mol. The smallest absolute Gasteiger partial charge is 0.124 e. The van der Waals surface area contributed by atoms with Crippen LogP contribution < -0.4 is 10.1 Å². The van der Waals surface area contributed by atoms with Gasteiger partial charge in [0.25, 0.3) is 0 Å². The Balaban J connectivity index is 1.89. The van der Waals surface area contributed by atoms with Gasteiger partial charge in [-0.25, -0.2) is 0 Å². The van der Waals surface area contributed by atoms with Crippen LogP contribution in [0.2, 0.25) is 0 Å². The molecule has 0 heterocycles. The number of hydrogen-bond donors (Lipinski definition) is 1. The zero-order valence-corrected chi connectivity index (χ0v) is 14.4. The molecule has 126 valence electrons. The van der Waals surface area contributed by atoms with Gasteiger partial charge < -0.3 is 14.8 Å². The highest BCUT2D eigenvalue weighted by Crippen LogP contribution is 2.28. The Labute approximate surface area is 140 Å². The van der Waals surface area contributed by atoms with Gasteiger partial charge in [-0.1, -0.05) is 43.7 Å². The number of rotatable bonds is 11. The maximum atomic E-state index is 5.80. The van der Waals surface area contributed by atoms with Gasteiger partial charge in [-0.15, -0.1) is 0 Å². The van der Waals surface area contributed by atoms with Crippen LogP contribution in [0.5, 0.6) is 5.75 Å². The minimum Gasteiger partial charge on any atom is -0.494 e. The Morgan fingerprint density at radius 1 is 0.957 bits per heavy atom. The van der Waals surface area contributed by atoms with Crippen molar-refractivity contribution in [1.29, 1.82) is 0 Å². The van der Waals surface area contributed by atoms with E-state index in [-0.39, 0.29) is 0 Å². The summed E-state index contributed by atoms with van der Waals surface area (Å²) in [5.74, 6) is 0.984. The number of unbranched alkanes of at least 4 members (excludes halogenated alkanes) is 1. The first-order valence-corrected chi connectivity index (χ1v) is 8.78. The molecular weight excluding hydrogens is 286 g/mol. The Hall–Kier alpha value is -1.58. The molecule has 0 aliphatic rings. The number of nitrogens with one attached hydrogen (secondary N) is 1. The molecule has 0 radical (unpaired) electrons. The molecule has 2 rings (SSSR count). The van der Waals surface area contributed by atoms with Crippen LogP contribution in [0, 0.1) is 0 Å². The number of benzene rings is 2. The van der Waals surface area contributed by atoms with Crippen LogP contribution in [0.15, 0.2) is 36.4 Å². The molecule has 0 aliphatic carbocycles. The second kappa shape index (κ2) is 10.2. The molecular formula is C20H29NO2. The van der Waals surface area contributed by atoms with Crippen LogP contribution in [0.25, 0.3) is 10.8 Å². The van der Waals surface area contributed by atoms with Crippen molar-refractivity contribution in [3.05, 3.63) is 42.0 Å². The van der Waals surface area contributed by atoms with Gasteiger partial charge in [0.05, 0.1) is 6.61 Å². The zero-order valence-electron chi connectivity index (χ0n) is 14.4. The summed E-state index contributed by atoms with van der Waals surface area (Å²) in [6.45, 7) is 8.41.